The van der Waals surface area contributed by atoms with Gasteiger partial charge in [0.25, 0.3) is 5.70 Å². The van der Waals surface area contributed by atoms with E-state index in [1.54, 1.807) is 11.8 Å². The van der Waals surface area contributed by atoms with E-state index in [4.69, 9.17) is 0 Å². The van der Waals surface area contributed by atoms with Crippen molar-refractivity contribution in [1.82, 2.24) is 0 Å². The van der Waals surface area contributed by atoms with Crippen molar-refractivity contribution in [3.8, 4) is 0 Å². The molecular weight excluding hydrogens is 138 g/mol. The number of hydrogen-bond donors (Lipinski definition) is 0. The van der Waals surface area contributed by atoms with Crippen molar-refractivity contribution in [2.75, 3.05) is 11.5 Å². The zero-order valence-corrected chi connectivity index (χ0v) is 5.90. The molecule has 9 heavy (non-hydrogen) atoms. The first-order chi connectivity index (χ1) is 4.22. The van der Waals surface area contributed by atoms with Crippen LogP contribution in [0.4, 0.5) is 0 Å². The third kappa shape index (κ3) is 1.24. The average molecular weight is 145 g/mol. The molecule has 0 aromatic rings. The lowest BCUT2D eigenvalue weighted by molar-refractivity contribution is -0.424. The Bertz CT molecular complexity index is 176. The Morgan fingerprint density at radius 2 is 2.33 bits per heavy atom. The molecular formula is C5H7NO2S. The first-order valence-corrected chi connectivity index (χ1v) is 3.78. The zero-order chi connectivity index (χ0) is 6.85. The maximum atomic E-state index is 10.1. The van der Waals surface area contributed by atoms with Crippen molar-refractivity contribution in [3.05, 3.63) is 21.4 Å². The summed E-state index contributed by atoms with van der Waals surface area (Å²) < 4.78 is 0. The SMILES string of the molecule is CC1=C([N+](=O)[O-])CSC1. The smallest absolute Gasteiger partial charge is 0.255 e. The van der Waals surface area contributed by atoms with Gasteiger partial charge in [-0.15, -0.1) is 11.8 Å². The predicted molar refractivity (Wildman–Crippen MR) is 37.0 cm³/mol. The second-order valence-electron chi connectivity index (χ2n) is 1.98. The molecule has 1 aliphatic heterocycles. The number of thioether (sulfide) groups is 1. The van der Waals surface area contributed by atoms with Crippen LogP contribution in [0.1, 0.15) is 6.92 Å². The standard InChI is InChI=1S/C5H7NO2S/c1-4-2-9-3-5(4)6(7)8/h2-3H2,1H3. The van der Waals surface area contributed by atoms with Gasteiger partial charge in [-0.2, -0.15) is 0 Å². The molecule has 0 aromatic carbocycles. The molecule has 0 radical (unpaired) electrons. The van der Waals surface area contributed by atoms with E-state index in [9.17, 15) is 10.1 Å². The van der Waals surface area contributed by atoms with Crippen LogP contribution in [-0.4, -0.2) is 16.4 Å². The van der Waals surface area contributed by atoms with Gasteiger partial charge in [-0.25, -0.2) is 0 Å². The summed E-state index contributed by atoms with van der Waals surface area (Å²) >= 11 is 1.60. The molecule has 1 rings (SSSR count). The molecule has 4 heteroatoms. The summed E-state index contributed by atoms with van der Waals surface area (Å²) in [7, 11) is 0. The normalized spacial score (nSPS) is 18.8. The van der Waals surface area contributed by atoms with E-state index in [1.807, 2.05) is 6.92 Å². The lowest BCUT2D eigenvalue weighted by Crippen LogP contribution is -1.99. The van der Waals surface area contributed by atoms with Crippen LogP contribution in [0, 0.1) is 10.1 Å². The quantitative estimate of drug-likeness (QED) is 0.412. The van der Waals surface area contributed by atoms with Gasteiger partial charge in [0.1, 0.15) is 0 Å². The molecule has 0 amide bonds. The van der Waals surface area contributed by atoms with Crippen LogP contribution >= 0.6 is 11.8 Å². The Hall–Kier alpha value is -0.510. The second-order valence-corrected chi connectivity index (χ2v) is 2.96. The maximum absolute atomic E-state index is 10.1. The molecule has 1 aliphatic rings. The Morgan fingerprint density at radius 3 is 2.56 bits per heavy atom. The molecule has 3 nitrogen and oxygen atoms in total. The summed E-state index contributed by atoms with van der Waals surface area (Å²) in [6.07, 6.45) is 0. The van der Waals surface area contributed by atoms with Gasteiger partial charge in [-0.1, -0.05) is 0 Å². The fraction of sp³-hybridized carbons (Fsp3) is 0.600. The Kier molecular flexibility index (Phi) is 1.75. The fourth-order valence-corrected chi connectivity index (χ4v) is 1.84. The van der Waals surface area contributed by atoms with Crippen LogP contribution in [-0.2, 0) is 0 Å². The van der Waals surface area contributed by atoms with Crippen molar-refractivity contribution in [1.29, 1.82) is 0 Å². The molecule has 0 bridgehead atoms. The lowest BCUT2D eigenvalue weighted by Gasteiger charge is -1.87. The second kappa shape index (κ2) is 2.39. The third-order valence-electron chi connectivity index (χ3n) is 1.27. The van der Waals surface area contributed by atoms with E-state index in [-0.39, 0.29) is 4.92 Å². The van der Waals surface area contributed by atoms with E-state index in [1.165, 1.54) is 0 Å². The molecule has 0 aromatic heterocycles. The minimum atomic E-state index is -0.282. The molecule has 0 aliphatic carbocycles. The Balaban J connectivity index is 2.78. The number of nitrogens with zero attached hydrogens (tertiary/aromatic N) is 1. The minimum Gasteiger partial charge on any atom is -0.259 e. The topological polar surface area (TPSA) is 43.1 Å². The molecule has 0 N–H and O–H groups in total. The summed E-state index contributed by atoms with van der Waals surface area (Å²) in [5.41, 5.74) is 1.32. The number of nitro groups is 1. The highest BCUT2D eigenvalue weighted by atomic mass is 32.2. The highest BCUT2D eigenvalue weighted by Gasteiger charge is 2.20. The highest BCUT2D eigenvalue weighted by Crippen LogP contribution is 2.23. The van der Waals surface area contributed by atoms with Crippen molar-refractivity contribution >= 4 is 11.8 Å². The van der Waals surface area contributed by atoms with Gasteiger partial charge < -0.3 is 0 Å². The number of hydrogen-bond acceptors (Lipinski definition) is 3. The first kappa shape index (κ1) is 6.61. The minimum absolute atomic E-state index is 0.282. The van der Waals surface area contributed by atoms with Crippen LogP contribution in [0.2, 0.25) is 0 Å². The molecule has 50 valence electrons. The van der Waals surface area contributed by atoms with Gasteiger partial charge in [0.15, 0.2) is 0 Å². The molecule has 0 fully saturated rings. The summed E-state index contributed by atoms with van der Waals surface area (Å²) in [6.45, 7) is 1.82. The van der Waals surface area contributed by atoms with Gasteiger partial charge in [-0.05, 0) is 6.92 Å². The Morgan fingerprint density at radius 1 is 1.67 bits per heavy atom. The summed E-state index contributed by atoms with van der Waals surface area (Å²) in [5.74, 6) is 1.41. The van der Waals surface area contributed by atoms with E-state index < -0.39 is 0 Å². The maximum Gasteiger partial charge on any atom is 0.255 e. The van der Waals surface area contributed by atoms with Gasteiger partial charge in [0.2, 0.25) is 0 Å². The summed E-state index contributed by atoms with van der Waals surface area (Å²) in [5, 5.41) is 10.1. The van der Waals surface area contributed by atoms with Gasteiger partial charge in [-0.3, -0.25) is 10.1 Å². The molecule has 0 saturated carbocycles. The van der Waals surface area contributed by atoms with Crippen LogP contribution in [0.15, 0.2) is 11.3 Å². The Labute approximate surface area is 57.3 Å². The largest absolute Gasteiger partial charge is 0.259 e. The molecule has 0 unspecified atom stereocenters. The summed E-state index contributed by atoms with van der Waals surface area (Å²) in [4.78, 5) is 9.86. The van der Waals surface area contributed by atoms with Gasteiger partial charge in [0, 0.05) is 11.3 Å². The van der Waals surface area contributed by atoms with Crippen LogP contribution < -0.4 is 0 Å². The fourth-order valence-electron chi connectivity index (χ4n) is 0.716. The van der Waals surface area contributed by atoms with Crippen molar-refractivity contribution in [2.24, 2.45) is 0 Å². The monoisotopic (exact) mass is 145 g/mol. The van der Waals surface area contributed by atoms with Crippen LogP contribution in [0.3, 0.4) is 0 Å². The lowest BCUT2D eigenvalue weighted by atomic mass is 10.3. The van der Waals surface area contributed by atoms with E-state index in [0.29, 0.717) is 11.4 Å². The zero-order valence-electron chi connectivity index (χ0n) is 5.09. The molecule has 0 saturated heterocycles. The summed E-state index contributed by atoms with van der Waals surface area (Å²) in [6, 6.07) is 0. The van der Waals surface area contributed by atoms with E-state index in [0.717, 1.165) is 11.3 Å². The van der Waals surface area contributed by atoms with E-state index in [2.05, 4.69) is 0 Å². The molecule has 0 atom stereocenters. The van der Waals surface area contributed by atoms with Gasteiger partial charge in [0.05, 0.1) is 10.7 Å². The third-order valence-corrected chi connectivity index (χ3v) is 2.39. The van der Waals surface area contributed by atoms with Crippen LogP contribution in [0.5, 0.6) is 0 Å². The predicted octanol–water partition coefficient (Wildman–Crippen LogP) is 1.28. The van der Waals surface area contributed by atoms with Crippen LogP contribution in [0.25, 0.3) is 0 Å². The van der Waals surface area contributed by atoms with E-state index >= 15 is 0 Å². The molecule has 1 heterocycles. The van der Waals surface area contributed by atoms with Crippen molar-refractivity contribution in [2.45, 2.75) is 6.92 Å². The van der Waals surface area contributed by atoms with Crippen molar-refractivity contribution in [3.63, 3.8) is 0 Å². The molecule has 0 spiro atoms. The van der Waals surface area contributed by atoms with Gasteiger partial charge >= 0.3 is 0 Å². The van der Waals surface area contributed by atoms with Crippen molar-refractivity contribution < 1.29 is 4.92 Å². The highest BCUT2D eigenvalue weighted by molar-refractivity contribution is 7.99. The average Bonchev–Trinajstić information content (AvgIpc) is 2.13. The first-order valence-electron chi connectivity index (χ1n) is 2.62. The number of rotatable bonds is 1.